The highest BCUT2D eigenvalue weighted by atomic mass is 35.5. The predicted molar refractivity (Wildman–Crippen MR) is 95.8 cm³/mol. The van der Waals surface area contributed by atoms with Gasteiger partial charge in [-0.05, 0) is 42.8 Å². The standard InChI is InChI=1S/C18H11ClF3N3O4/c1-8-7-9(14-24-17(29-25-14)18(20,21)22)5-6-12(8)23-15(26)10-3-2-4-11(19)13(10)16(27)28/h2-7H,1H3,(H,23,26)(H,27,28). The maximum Gasteiger partial charge on any atom is 0.471 e. The Morgan fingerprint density at radius 1 is 1.21 bits per heavy atom. The molecule has 11 heteroatoms. The molecule has 2 N–H and O–H groups in total. The second-order valence-corrected chi connectivity index (χ2v) is 6.28. The molecule has 29 heavy (non-hydrogen) atoms. The first kappa shape index (κ1) is 20.3. The fourth-order valence-electron chi connectivity index (χ4n) is 2.52. The van der Waals surface area contributed by atoms with Crippen molar-refractivity contribution in [3.63, 3.8) is 0 Å². The lowest BCUT2D eigenvalue weighted by atomic mass is 10.1. The van der Waals surface area contributed by atoms with E-state index < -0.39 is 23.9 Å². The Morgan fingerprint density at radius 3 is 2.52 bits per heavy atom. The number of hydrogen-bond donors (Lipinski definition) is 2. The van der Waals surface area contributed by atoms with Crippen molar-refractivity contribution >= 4 is 29.2 Å². The van der Waals surface area contributed by atoms with E-state index in [0.717, 1.165) is 0 Å². The number of hydrogen-bond acceptors (Lipinski definition) is 5. The number of rotatable bonds is 4. The highest BCUT2D eigenvalue weighted by Gasteiger charge is 2.38. The number of nitrogens with one attached hydrogen (secondary N) is 1. The molecule has 0 aliphatic carbocycles. The molecule has 0 aliphatic heterocycles. The summed E-state index contributed by atoms with van der Waals surface area (Å²) in [6, 6.07) is 8.37. The van der Waals surface area contributed by atoms with Crippen molar-refractivity contribution in [1.29, 1.82) is 0 Å². The summed E-state index contributed by atoms with van der Waals surface area (Å²) in [4.78, 5) is 27.2. The number of alkyl halides is 3. The second-order valence-electron chi connectivity index (χ2n) is 5.87. The van der Waals surface area contributed by atoms with Crippen LogP contribution >= 0.6 is 11.6 Å². The molecule has 0 saturated heterocycles. The van der Waals surface area contributed by atoms with Crippen LogP contribution in [0.2, 0.25) is 5.02 Å². The van der Waals surface area contributed by atoms with Gasteiger partial charge in [0.2, 0.25) is 5.82 Å². The van der Waals surface area contributed by atoms with Crippen molar-refractivity contribution in [2.75, 3.05) is 5.32 Å². The van der Waals surface area contributed by atoms with Crippen LogP contribution in [0.3, 0.4) is 0 Å². The average Bonchev–Trinajstić information content (AvgIpc) is 3.13. The number of anilines is 1. The molecule has 3 aromatic rings. The van der Waals surface area contributed by atoms with Crippen LogP contribution in [-0.2, 0) is 6.18 Å². The predicted octanol–water partition coefficient (Wildman–Crippen LogP) is 4.67. The van der Waals surface area contributed by atoms with Crippen LogP contribution < -0.4 is 5.32 Å². The van der Waals surface area contributed by atoms with Crippen LogP contribution in [0, 0.1) is 6.92 Å². The summed E-state index contributed by atoms with van der Waals surface area (Å²) in [5.41, 5.74) is 0.560. The molecule has 0 radical (unpaired) electrons. The zero-order valence-corrected chi connectivity index (χ0v) is 15.3. The van der Waals surface area contributed by atoms with Crippen molar-refractivity contribution < 1.29 is 32.4 Å². The third kappa shape index (κ3) is 4.21. The molecule has 0 unspecified atom stereocenters. The molecule has 1 aromatic heterocycles. The minimum Gasteiger partial charge on any atom is -0.478 e. The quantitative estimate of drug-likeness (QED) is 0.629. The number of carboxylic acid groups (broad SMARTS) is 1. The van der Waals surface area contributed by atoms with Gasteiger partial charge in [0.1, 0.15) is 0 Å². The second kappa shape index (κ2) is 7.55. The molecule has 2 aromatic carbocycles. The van der Waals surface area contributed by atoms with Gasteiger partial charge in [-0.3, -0.25) is 4.79 Å². The largest absolute Gasteiger partial charge is 0.478 e. The molecular formula is C18H11ClF3N3O4. The normalized spacial score (nSPS) is 11.3. The van der Waals surface area contributed by atoms with Gasteiger partial charge in [-0.1, -0.05) is 22.8 Å². The molecule has 0 bridgehead atoms. The van der Waals surface area contributed by atoms with Crippen LogP contribution in [0.5, 0.6) is 0 Å². The van der Waals surface area contributed by atoms with Crippen LogP contribution in [-0.4, -0.2) is 27.1 Å². The summed E-state index contributed by atoms with van der Waals surface area (Å²) in [6.45, 7) is 1.60. The molecule has 1 heterocycles. The number of halogens is 4. The first-order valence-electron chi connectivity index (χ1n) is 7.93. The number of amides is 1. The van der Waals surface area contributed by atoms with Gasteiger partial charge in [-0.15, -0.1) is 0 Å². The molecule has 3 rings (SSSR count). The van der Waals surface area contributed by atoms with E-state index in [1.54, 1.807) is 6.92 Å². The fraction of sp³-hybridized carbons (Fsp3) is 0.111. The molecule has 0 aliphatic rings. The van der Waals surface area contributed by atoms with E-state index >= 15 is 0 Å². The number of carbonyl (C=O) groups excluding carboxylic acids is 1. The van der Waals surface area contributed by atoms with Gasteiger partial charge in [-0.2, -0.15) is 18.2 Å². The SMILES string of the molecule is Cc1cc(-c2noc(C(F)(F)F)n2)ccc1NC(=O)c1cccc(Cl)c1C(=O)O. The van der Waals surface area contributed by atoms with Crippen LogP contribution in [0.1, 0.15) is 32.2 Å². The van der Waals surface area contributed by atoms with Gasteiger partial charge in [-0.25, -0.2) is 4.79 Å². The molecule has 1 amide bonds. The number of nitrogens with zero attached hydrogens (tertiary/aromatic N) is 2. The van der Waals surface area contributed by atoms with Crippen molar-refractivity contribution in [2.24, 2.45) is 0 Å². The fourth-order valence-corrected chi connectivity index (χ4v) is 2.77. The van der Waals surface area contributed by atoms with E-state index in [9.17, 15) is 27.9 Å². The summed E-state index contributed by atoms with van der Waals surface area (Å²) >= 11 is 5.86. The lowest BCUT2D eigenvalue weighted by molar-refractivity contribution is -0.159. The minimum absolute atomic E-state index is 0.0882. The van der Waals surface area contributed by atoms with Gasteiger partial charge in [0.25, 0.3) is 5.91 Å². The van der Waals surface area contributed by atoms with Crippen LogP contribution in [0.4, 0.5) is 18.9 Å². The Bertz CT molecular complexity index is 1110. The van der Waals surface area contributed by atoms with Gasteiger partial charge in [0.05, 0.1) is 16.1 Å². The smallest absolute Gasteiger partial charge is 0.471 e. The first-order valence-corrected chi connectivity index (χ1v) is 8.31. The molecule has 7 nitrogen and oxygen atoms in total. The monoisotopic (exact) mass is 425 g/mol. The topological polar surface area (TPSA) is 105 Å². The zero-order chi connectivity index (χ0) is 21.3. The van der Waals surface area contributed by atoms with Crippen molar-refractivity contribution in [1.82, 2.24) is 10.1 Å². The van der Waals surface area contributed by atoms with E-state index in [4.69, 9.17) is 11.6 Å². The van der Waals surface area contributed by atoms with E-state index in [0.29, 0.717) is 11.3 Å². The van der Waals surface area contributed by atoms with Gasteiger partial charge in [0.15, 0.2) is 0 Å². The third-order valence-electron chi connectivity index (χ3n) is 3.87. The van der Waals surface area contributed by atoms with Gasteiger partial charge in [0, 0.05) is 11.3 Å². The Labute approximate surface area is 166 Å². The molecular weight excluding hydrogens is 415 g/mol. The highest BCUT2D eigenvalue weighted by Crippen LogP contribution is 2.30. The van der Waals surface area contributed by atoms with Crippen molar-refractivity contribution in [2.45, 2.75) is 13.1 Å². The lowest BCUT2D eigenvalue weighted by Gasteiger charge is -2.11. The Morgan fingerprint density at radius 2 is 1.93 bits per heavy atom. The summed E-state index contributed by atoms with van der Waals surface area (Å²) < 4.78 is 42.0. The lowest BCUT2D eigenvalue weighted by Crippen LogP contribution is -2.17. The van der Waals surface area contributed by atoms with E-state index in [1.165, 1.54) is 36.4 Å². The molecule has 150 valence electrons. The van der Waals surface area contributed by atoms with Crippen molar-refractivity contribution in [3.8, 4) is 11.4 Å². The highest BCUT2D eigenvalue weighted by molar-refractivity contribution is 6.34. The molecule has 0 spiro atoms. The van der Waals surface area contributed by atoms with Crippen LogP contribution in [0.25, 0.3) is 11.4 Å². The number of aromatic carboxylic acids is 1. The molecule has 0 atom stereocenters. The maximum absolute atomic E-state index is 12.6. The van der Waals surface area contributed by atoms with Gasteiger partial charge < -0.3 is 14.9 Å². The zero-order valence-electron chi connectivity index (χ0n) is 14.5. The molecule has 0 fully saturated rings. The van der Waals surface area contributed by atoms with E-state index in [2.05, 4.69) is 20.0 Å². The molecule has 0 saturated carbocycles. The number of carboxylic acids is 1. The Kier molecular flexibility index (Phi) is 5.29. The number of aryl methyl sites for hydroxylation is 1. The third-order valence-corrected chi connectivity index (χ3v) is 4.19. The first-order chi connectivity index (χ1) is 13.6. The summed E-state index contributed by atoms with van der Waals surface area (Å²) in [5.74, 6) is -3.80. The maximum atomic E-state index is 12.6. The van der Waals surface area contributed by atoms with E-state index in [-0.39, 0.29) is 27.5 Å². The van der Waals surface area contributed by atoms with E-state index in [1.807, 2.05) is 0 Å². The summed E-state index contributed by atoms with van der Waals surface area (Å²) in [6.07, 6.45) is -4.76. The number of carbonyl (C=O) groups is 2. The van der Waals surface area contributed by atoms with Gasteiger partial charge >= 0.3 is 18.0 Å². The number of benzene rings is 2. The summed E-state index contributed by atoms with van der Waals surface area (Å²) in [7, 11) is 0. The van der Waals surface area contributed by atoms with Crippen LogP contribution in [0.15, 0.2) is 40.9 Å². The Balaban J connectivity index is 1.87. The van der Waals surface area contributed by atoms with Crippen molar-refractivity contribution in [3.05, 3.63) is 64.0 Å². The summed E-state index contributed by atoms with van der Waals surface area (Å²) in [5, 5.41) is 15.0. The average molecular weight is 426 g/mol. The number of aromatic nitrogens is 2. The Hall–Kier alpha value is -3.40. The minimum atomic E-state index is -4.76.